The SMILES string of the molecule is CC(C)C(NC(=O)C(CCCCNC(=O)OCc1ccccc1)NC(=O)OC(C)(C)C)C(=O)NC(C(=O)NCC(=O)O)C(C)C. The molecule has 0 bridgehead atoms. The van der Waals surface area contributed by atoms with Crippen molar-refractivity contribution in [1.29, 1.82) is 0 Å². The summed E-state index contributed by atoms with van der Waals surface area (Å²) in [6.45, 7) is 11.6. The minimum Gasteiger partial charge on any atom is -0.480 e. The van der Waals surface area contributed by atoms with Crippen LogP contribution in [-0.4, -0.2) is 77.8 Å². The maximum atomic E-state index is 13.4. The Morgan fingerprint density at radius 1 is 0.756 bits per heavy atom. The number of hydrogen-bond acceptors (Lipinski definition) is 8. The Kier molecular flexibility index (Phi) is 16.4. The van der Waals surface area contributed by atoms with Crippen LogP contribution in [0.15, 0.2) is 30.3 Å². The number of aliphatic carboxylic acids is 1. The van der Waals surface area contributed by atoms with E-state index in [0.29, 0.717) is 12.8 Å². The molecule has 0 heterocycles. The van der Waals surface area contributed by atoms with Gasteiger partial charge in [-0.15, -0.1) is 0 Å². The number of benzene rings is 1. The highest BCUT2D eigenvalue weighted by atomic mass is 16.6. The van der Waals surface area contributed by atoms with Gasteiger partial charge in [0.1, 0.15) is 36.9 Å². The summed E-state index contributed by atoms with van der Waals surface area (Å²) >= 11 is 0. The van der Waals surface area contributed by atoms with Crippen molar-refractivity contribution in [2.24, 2.45) is 11.8 Å². The molecule has 0 saturated heterocycles. The molecule has 1 aromatic carbocycles. The van der Waals surface area contributed by atoms with E-state index >= 15 is 0 Å². The Morgan fingerprint density at radius 3 is 1.89 bits per heavy atom. The van der Waals surface area contributed by atoms with Crippen LogP contribution < -0.4 is 26.6 Å². The number of amides is 5. The van der Waals surface area contributed by atoms with Gasteiger partial charge in [0.25, 0.3) is 0 Å². The normalized spacial score (nSPS) is 13.2. The zero-order valence-electron chi connectivity index (χ0n) is 27.2. The minimum absolute atomic E-state index is 0.129. The van der Waals surface area contributed by atoms with E-state index in [-0.39, 0.29) is 25.5 Å². The summed E-state index contributed by atoms with van der Waals surface area (Å²) in [5.74, 6) is -3.96. The van der Waals surface area contributed by atoms with Crippen LogP contribution in [-0.2, 0) is 35.3 Å². The van der Waals surface area contributed by atoms with Crippen molar-refractivity contribution in [3.05, 3.63) is 35.9 Å². The van der Waals surface area contributed by atoms with Crippen LogP contribution in [0.3, 0.4) is 0 Å². The number of carbonyl (C=O) groups is 6. The Hall–Kier alpha value is -4.36. The maximum absolute atomic E-state index is 13.4. The second-order valence-corrected chi connectivity index (χ2v) is 12.3. The second-order valence-electron chi connectivity index (χ2n) is 12.3. The zero-order valence-corrected chi connectivity index (χ0v) is 27.2. The largest absolute Gasteiger partial charge is 0.480 e. The van der Waals surface area contributed by atoms with Crippen molar-refractivity contribution in [3.63, 3.8) is 0 Å². The molecule has 45 heavy (non-hydrogen) atoms. The lowest BCUT2D eigenvalue weighted by molar-refractivity contribution is -0.139. The number of rotatable bonds is 17. The first-order valence-electron chi connectivity index (χ1n) is 15.0. The van der Waals surface area contributed by atoms with Gasteiger partial charge in [-0.2, -0.15) is 0 Å². The average molecular weight is 636 g/mol. The molecule has 252 valence electrons. The average Bonchev–Trinajstić information content (AvgIpc) is 2.94. The molecule has 14 nitrogen and oxygen atoms in total. The number of carboxylic acids is 1. The first kappa shape index (κ1) is 38.7. The quantitative estimate of drug-likeness (QED) is 0.139. The zero-order chi connectivity index (χ0) is 34.2. The van der Waals surface area contributed by atoms with Gasteiger partial charge in [-0.25, -0.2) is 9.59 Å². The summed E-state index contributed by atoms with van der Waals surface area (Å²) in [6, 6.07) is 6.04. The third kappa shape index (κ3) is 16.3. The number of alkyl carbamates (subject to hydrolysis) is 2. The molecule has 0 fully saturated rings. The van der Waals surface area contributed by atoms with Crippen molar-refractivity contribution in [3.8, 4) is 0 Å². The molecule has 5 amide bonds. The number of carboxylic acid groups (broad SMARTS) is 1. The van der Waals surface area contributed by atoms with E-state index in [0.717, 1.165) is 5.56 Å². The summed E-state index contributed by atoms with van der Waals surface area (Å²) < 4.78 is 10.5. The first-order chi connectivity index (χ1) is 21.0. The molecular formula is C31H49N5O9. The van der Waals surface area contributed by atoms with Crippen LogP contribution in [0.2, 0.25) is 0 Å². The second kappa shape index (κ2) is 19.1. The standard InChI is InChI=1S/C31H49N5O9/c1-19(2)24(27(40)33-17-23(37)38)36-28(41)25(20(3)4)35-26(39)22(34-30(43)45-31(5,6)7)15-11-12-16-32-29(42)44-18-21-13-9-8-10-14-21/h8-10,13-14,19-20,22,24-25H,11-12,15-18H2,1-7H3,(H,32,42)(H,33,40)(H,34,43)(H,35,39)(H,36,41)(H,37,38). The molecule has 0 aliphatic heterocycles. The Balaban J connectivity index is 2.84. The third-order valence-corrected chi connectivity index (χ3v) is 6.32. The number of hydrogen-bond donors (Lipinski definition) is 6. The fourth-order valence-corrected chi connectivity index (χ4v) is 4.00. The Bertz CT molecular complexity index is 1140. The highest BCUT2D eigenvalue weighted by molar-refractivity contribution is 5.94. The third-order valence-electron chi connectivity index (χ3n) is 6.32. The lowest BCUT2D eigenvalue weighted by Gasteiger charge is -2.29. The van der Waals surface area contributed by atoms with E-state index in [1.54, 1.807) is 48.5 Å². The van der Waals surface area contributed by atoms with E-state index in [1.807, 2.05) is 30.3 Å². The topological polar surface area (TPSA) is 201 Å². The molecule has 0 radical (unpaired) electrons. The predicted octanol–water partition coefficient (Wildman–Crippen LogP) is 2.46. The van der Waals surface area contributed by atoms with Gasteiger partial charge < -0.3 is 41.2 Å². The van der Waals surface area contributed by atoms with Gasteiger partial charge in [0.2, 0.25) is 17.7 Å². The lowest BCUT2D eigenvalue weighted by atomic mass is 9.99. The molecule has 0 aliphatic rings. The molecule has 1 rings (SSSR count). The highest BCUT2D eigenvalue weighted by Gasteiger charge is 2.33. The smallest absolute Gasteiger partial charge is 0.408 e. The van der Waals surface area contributed by atoms with E-state index in [1.165, 1.54) is 0 Å². The van der Waals surface area contributed by atoms with Gasteiger partial charge in [-0.3, -0.25) is 19.2 Å². The van der Waals surface area contributed by atoms with Gasteiger partial charge in [0.05, 0.1) is 0 Å². The molecule has 0 aromatic heterocycles. The van der Waals surface area contributed by atoms with E-state index in [4.69, 9.17) is 14.6 Å². The van der Waals surface area contributed by atoms with Crippen molar-refractivity contribution in [2.45, 2.75) is 98.1 Å². The molecule has 3 unspecified atom stereocenters. The Morgan fingerprint density at radius 2 is 1.33 bits per heavy atom. The summed E-state index contributed by atoms with van der Waals surface area (Å²) in [5, 5.41) is 21.6. The van der Waals surface area contributed by atoms with E-state index in [9.17, 15) is 28.8 Å². The summed E-state index contributed by atoms with van der Waals surface area (Å²) in [7, 11) is 0. The van der Waals surface area contributed by atoms with Crippen molar-refractivity contribution in [2.75, 3.05) is 13.1 Å². The predicted molar refractivity (Wildman–Crippen MR) is 166 cm³/mol. The van der Waals surface area contributed by atoms with Gasteiger partial charge in [-0.05, 0) is 57.4 Å². The first-order valence-corrected chi connectivity index (χ1v) is 15.0. The number of ether oxygens (including phenoxy) is 2. The van der Waals surface area contributed by atoms with Gasteiger partial charge in [0.15, 0.2) is 0 Å². The molecule has 3 atom stereocenters. The van der Waals surface area contributed by atoms with Crippen molar-refractivity contribution < 1.29 is 43.3 Å². The fourth-order valence-electron chi connectivity index (χ4n) is 4.00. The molecule has 6 N–H and O–H groups in total. The van der Waals surface area contributed by atoms with Crippen molar-refractivity contribution >= 4 is 35.9 Å². The van der Waals surface area contributed by atoms with Crippen LogP contribution in [0, 0.1) is 11.8 Å². The molecular weight excluding hydrogens is 586 g/mol. The highest BCUT2D eigenvalue weighted by Crippen LogP contribution is 2.11. The van der Waals surface area contributed by atoms with Crippen LogP contribution >= 0.6 is 0 Å². The maximum Gasteiger partial charge on any atom is 0.408 e. The Labute approximate surface area is 264 Å². The number of unbranched alkanes of at least 4 members (excludes halogenated alkanes) is 1. The molecule has 1 aromatic rings. The van der Waals surface area contributed by atoms with E-state index < -0.39 is 72.1 Å². The minimum atomic E-state index is -1.23. The van der Waals surface area contributed by atoms with Crippen LogP contribution in [0.4, 0.5) is 9.59 Å². The monoisotopic (exact) mass is 635 g/mol. The van der Waals surface area contributed by atoms with Gasteiger partial charge in [0, 0.05) is 6.54 Å². The van der Waals surface area contributed by atoms with Crippen LogP contribution in [0.1, 0.15) is 73.3 Å². The summed E-state index contributed by atoms with van der Waals surface area (Å²) in [6.07, 6.45) is -0.335. The summed E-state index contributed by atoms with van der Waals surface area (Å²) in [5.41, 5.74) is 0.0343. The van der Waals surface area contributed by atoms with Gasteiger partial charge >= 0.3 is 18.2 Å². The number of carbonyl (C=O) groups excluding carboxylic acids is 5. The van der Waals surface area contributed by atoms with Gasteiger partial charge in [-0.1, -0.05) is 58.0 Å². The summed E-state index contributed by atoms with van der Waals surface area (Å²) in [4.78, 5) is 74.6. The lowest BCUT2D eigenvalue weighted by Crippen LogP contribution is -2.59. The molecule has 0 saturated carbocycles. The van der Waals surface area contributed by atoms with Crippen LogP contribution in [0.5, 0.6) is 0 Å². The number of nitrogens with one attached hydrogen (secondary N) is 5. The molecule has 0 spiro atoms. The molecule has 14 heteroatoms. The fraction of sp³-hybridized carbons (Fsp3) is 0.613. The molecule has 0 aliphatic carbocycles. The van der Waals surface area contributed by atoms with Crippen LogP contribution in [0.25, 0.3) is 0 Å². The van der Waals surface area contributed by atoms with Crippen molar-refractivity contribution in [1.82, 2.24) is 26.6 Å². The van der Waals surface area contributed by atoms with E-state index in [2.05, 4.69) is 26.6 Å².